The second-order valence-electron chi connectivity index (χ2n) is 6.74. The lowest BCUT2D eigenvalue weighted by molar-refractivity contribution is 0.561. The summed E-state index contributed by atoms with van der Waals surface area (Å²) >= 11 is 1.63. The summed E-state index contributed by atoms with van der Waals surface area (Å²) in [5, 5.41) is 1.13. The van der Waals surface area contributed by atoms with Crippen LogP contribution in [0.15, 0.2) is 9.95 Å². The van der Waals surface area contributed by atoms with Crippen molar-refractivity contribution in [3.8, 4) is 11.8 Å². The van der Waals surface area contributed by atoms with E-state index in [1.807, 2.05) is 11.5 Å². The average Bonchev–Trinajstić information content (AvgIpc) is 3.03. The highest BCUT2D eigenvalue weighted by atomic mass is 32.2. The van der Waals surface area contributed by atoms with Gasteiger partial charge in [0.25, 0.3) is 5.56 Å². The predicted octanol–water partition coefficient (Wildman–Crippen LogP) is 3.03. The second kappa shape index (κ2) is 8.17. The van der Waals surface area contributed by atoms with Gasteiger partial charge in [-0.1, -0.05) is 31.5 Å². The lowest BCUT2D eigenvalue weighted by Crippen LogP contribution is -2.32. The lowest BCUT2D eigenvalue weighted by atomic mass is 10.1. The molecule has 3 heterocycles. The molecule has 1 aliphatic heterocycles. The number of nitrogens with zero attached hydrogens (tertiary/aromatic N) is 5. The SMILES string of the molecule is CC#CCn1c(N2CCCCC2)nc2nc(SC(C)CC)n(C)c(=O)c21. The molecule has 7 heteroatoms. The Morgan fingerprint density at radius 2 is 1.96 bits per heavy atom. The summed E-state index contributed by atoms with van der Waals surface area (Å²) in [7, 11) is 1.79. The Bertz CT molecular complexity index is 899. The van der Waals surface area contributed by atoms with Crippen LogP contribution in [-0.4, -0.2) is 37.4 Å². The molecule has 1 unspecified atom stereocenters. The van der Waals surface area contributed by atoms with E-state index < -0.39 is 0 Å². The molecule has 0 bridgehead atoms. The molecule has 0 amide bonds. The van der Waals surface area contributed by atoms with Gasteiger partial charge in [-0.3, -0.25) is 13.9 Å². The number of fused-ring (bicyclic) bond motifs is 1. The zero-order valence-corrected chi connectivity index (χ0v) is 16.9. The summed E-state index contributed by atoms with van der Waals surface area (Å²) in [5.41, 5.74) is 1.05. The van der Waals surface area contributed by atoms with Crippen molar-refractivity contribution in [3.05, 3.63) is 10.4 Å². The van der Waals surface area contributed by atoms with Crippen LogP contribution in [0.5, 0.6) is 0 Å². The van der Waals surface area contributed by atoms with Crippen molar-refractivity contribution in [2.45, 2.75) is 63.4 Å². The van der Waals surface area contributed by atoms with E-state index in [0.29, 0.717) is 23.0 Å². The fourth-order valence-electron chi connectivity index (χ4n) is 3.14. The standard InChI is InChI=1S/C19H27N5OS/c1-5-7-13-24-15-16(20-18(24)23-11-9-8-10-12-23)21-19(22(4)17(15)25)26-14(3)6-2/h14H,6,8-13H2,1-4H3. The van der Waals surface area contributed by atoms with Crippen LogP contribution >= 0.6 is 11.8 Å². The third-order valence-electron chi connectivity index (χ3n) is 4.86. The minimum Gasteiger partial charge on any atom is -0.342 e. The van der Waals surface area contributed by atoms with Gasteiger partial charge in [0.1, 0.15) is 0 Å². The molecule has 2 aromatic heterocycles. The van der Waals surface area contributed by atoms with Gasteiger partial charge in [0.15, 0.2) is 16.3 Å². The Kier molecular flexibility index (Phi) is 5.92. The monoisotopic (exact) mass is 373 g/mol. The molecule has 1 fully saturated rings. The van der Waals surface area contributed by atoms with Gasteiger partial charge in [0.2, 0.25) is 5.95 Å². The predicted molar refractivity (Wildman–Crippen MR) is 108 cm³/mol. The Morgan fingerprint density at radius 1 is 1.23 bits per heavy atom. The van der Waals surface area contributed by atoms with Gasteiger partial charge in [-0.15, -0.1) is 5.92 Å². The highest BCUT2D eigenvalue weighted by Gasteiger charge is 2.23. The molecule has 0 spiro atoms. The summed E-state index contributed by atoms with van der Waals surface area (Å²) in [6.45, 7) is 8.51. The topological polar surface area (TPSA) is 56.0 Å². The molecule has 6 nitrogen and oxygen atoms in total. The van der Waals surface area contributed by atoms with Crippen LogP contribution in [0.3, 0.4) is 0 Å². The highest BCUT2D eigenvalue weighted by Crippen LogP contribution is 2.26. The molecule has 0 saturated carbocycles. The van der Waals surface area contributed by atoms with Crippen molar-refractivity contribution >= 4 is 28.9 Å². The molecular formula is C19H27N5OS. The zero-order chi connectivity index (χ0) is 18.7. The molecule has 1 saturated heterocycles. The molecule has 1 aliphatic rings. The van der Waals surface area contributed by atoms with Crippen molar-refractivity contribution < 1.29 is 0 Å². The Balaban J connectivity index is 2.16. The van der Waals surface area contributed by atoms with Gasteiger partial charge in [-0.05, 0) is 32.6 Å². The van der Waals surface area contributed by atoms with Crippen LogP contribution in [0.25, 0.3) is 11.2 Å². The second-order valence-corrected chi connectivity index (χ2v) is 8.15. The van der Waals surface area contributed by atoms with Gasteiger partial charge in [-0.2, -0.15) is 4.98 Å². The molecule has 2 aromatic rings. The number of rotatable bonds is 5. The van der Waals surface area contributed by atoms with E-state index in [4.69, 9.17) is 9.97 Å². The van der Waals surface area contributed by atoms with E-state index in [9.17, 15) is 4.79 Å². The smallest absolute Gasteiger partial charge is 0.280 e. The maximum Gasteiger partial charge on any atom is 0.280 e. The van der Waals surface area contributed by atoms with Crippen LogP contribution in [0.4, 0.5) is 5.95 Å². The van der Waals surface area contributed by atoms with Gasteiger partial charge in [0.05, 0.1) is 6.54 Å². The summed E-state index contributed by atoms with van der Waals surface area (Å²) in [6.07, 6.45) is 4.59. The van der Waals surface area contributed by atoms with Gasteiger partial charge < -0.3 is 4.90 Å². The first-order valence-corrected chi connectivity index (χ1v) is 10.2. The van der Waals surface area contributed by atoms with Gasteiger partial charge in [-0.25, -0.2) is 4.98 Å². The van der Waals surface area contributed by atoms with E-state index in [0.717, 1.165) is 43.5 Å². The molecule has 0 N–H and O–H groups in total. The first-order valence-electron chi connectivity index (χ1n) is 9.35. The van der Waals surface area contributed by atoms with E-state index in [2.05, 4.69) is 30.6 Å². The van der Waals surface area contributed by atoms with Crippen molar-refractivity contribution in [2.24, 2.45) is 7.05 Å². The van der Waals surface area contributed by atoms with Gasteiger partial charge in [0, 0.05) is 25.4 Å². The summed E-state index contributed by atoms with van der Waals surface area (Å²) in [5.74, 6) is 6.85. The van der Waals surface area contributed by atoms with Crippen molar-refractivity contribution in [1.29, 1.82) is 0 Å². The normalized spacial score (nSPS) is 15.8. The van der Waals surface area contributed by atoms with E-state index in [-0.39, 0.29) is 5.56 Å². The third kappa shape index (κ3) is 3.61. The third-order valence-corrected chi connectivity index (χ3v) is 6.17. The number of thioether (sulfide) groups is 1. The summed E-state index contributed by atoms with van der Waals surface area (Å²) in [6, 6.07) is 0. The van der Waals surface area contributed by atoms with Crippen LogP contribution in [0.2, 0.25) is 0 Å². The van der Waals surface area contributed by atoms with Crippen molar-refractivity contribution in [3.63, 3.8) is 0 Å². The van der Waals surface area contributed by atoms with Crippen LogP contribution in [0.1, 0.15) is 46.5 Å². The van der Waals surface area contributed by atoms with E-state index in [1.54, 1.807) is 23.4 Å². The van der Waals surface area contributed by atoms with Crippen LogP contribution < -0.4 is 10.5 Å². The number of piperidine rings is 1. The fourth-order valence-corrected chi connectivity index (χ4v) is 4.05. The van der Waals surface area contributed by atoms with Crippen LogP contribution in [-0.2, 0) is 13.6 Å². The number of hydrogen-bond donors (Lipinski definition) is 0. The summed E-state index contributed by atoms with van der Waals surface area (Å²) in [4.78, 5) is 24.8. The number of anilines is 1. The Hall–Kier alpha value is -1.94. The number of aromatic nitrogens is 4. The molecular weight excluding hydrogens is 346 g/mol. The minimum atomic E-state index is -0.0468. The Morgan fingerprint density at radius 3 is 2.62 bits per heavy atom. The zero-order valence-electron chi connectivity index (χ0n) is 16.1. The minimum absolute atomic E-state index is 0.0468. The van der Waals surface area contributed by atoms with Crippen molar-refractivity contribution in [1.82, 2.24) is 19.1 Å². The fraction of sp³-hybridized carbons (Fsp3) is 0.632. The summed E-state index contributed by atoms with van der Waals surface area (Å²) < 4.78 is 3.60. The first kappa shape index (κ1) is 18.8. The van der Waals surface area contributed by atoms with Gasteiger partial charge >= 0.3 is 0 Å². The molecule has 26 heavy (non-hydrogen) atoms. The molecule has 0 aromatic carbocycles. The largest absolute Gasteiger partial charge is 0.342 e. The quantitative estimate of drug-likeness (QED) is 0.458. The molecule has 0 aliphatic carbocycles. The van der Waals surface area contributed by atoms with E-state index in [1.165, 1.54) is 6.42 Å². The molecule has 140 valence electrons. The van der Waals surface area contributed by atoms with Crippen LogP contribution in [0, 0.1) is 11.8 Å². The molecule has 3 rings (SSSR count). The maximum atomic E-state index is 13.1. The lowest BCUT2D eigenvalue weighted by Gasteiger charge is -2.27. The molecule has 1 atom stereocenters. The number of imidazole rings is 1. The highest BCUT2D eigenvalue weighted by molar-refractivity contribution is 7.99. The number of hydrogen-bond acceptors (Lipinski definition) is 5. The maximum absolute atomic E-state index is 13.1. The molecule has 0 radical (unpaired) electrons. The van der Waals surface area contributed by atoms with E-state index >= 15 is 0 Å². The Labute approximate surface area is 159 Å². The first-order chi connectivity index (χ1) is 12.6. The average molecular weight is 374 g/mol. The van der Waals surface area contributed by atoms with Crippen molar-refractivity contribution in [2.75, 3.05) is 18.0 Å².